The third-order valence-corrected chi connectivity index (χ3v) is 0.843. The van der Waals surface area contributed by atoms with Gasteiger partial charge in [-0.25, -0.2) is 0 Å². The molecule has 0 aliphatic rings. The molecule has 0 spiro atoms. The van der Waals surface area contributed by atoms with Gasteiger partial charge in [-0.2, -0.15) is 0 Å². The Morgan fingerprint density at radius 1 is 0.846 bits per heavy atom. The van der Waals surface area contributed by atoms with Gasteiger partial charge in [-0.3, -0.25) is 0 Å². The summed E-state index contributed by atoms with van der Waals surface area (Å²) in [6.45, 7) is 1.73. The van der Waals surface area contributed by atoms with Crippen LogP contribution in [0.25, 0.3) is 0 Å². The average molecular weight is 194 g/mol. The zero-order valence-electron chi connectivity index (χ0n) is 7.40. The predicted molar refractivity (Wildman–Crippen MR) is 43.4 cm³/mol. The lowest BCUT2D eigenvalue weighted by Crippen LogP contribution is -2.09. The summed E-state index contributed by atoms with van der Waals surface area (Å²) in [6.07, 6.45) is 0. The zero-order chi connectivity index (χ0) is 10.4. The van der Waals surface area contributed by atoms with Crippen molar-refractivity contribution >= 4 is 0 Å². The normalized spacial score (nSPS) is 8.46. The van der Waals surface area contributed by atoms with E-state index in [1.807, 2.05) is 4.91 Å². The maximum atomic E-state index is 8.26. The van der Waals surface area contributed by atoms with E-state index in [1.165, 1.54) is 0 Å². The molecule has 0 saturated carbocycles. The molecule has 0 aliphatic carbocycles. The quantitative estimate of drug-likeness (QED) is 0.239. The van der Waals surface area contributed by atoms with Gasteiger partial charge in [0.2, 0.25) is 4.91 Å². The second kappa shape index (κ2) is 17.3. The van der Waals surface area contributed by atoms with Crippen LogP contribution in [-0.2, 0) is 9.47 Å². The molecule has 0 heterocycles. The van der Waals surface area contributed by atoms with Gasteiger partial charge in [0.1, 0.15) is 11.1 Å². The topological polar surface area (TPSA) is 121 Å². The van der Waals surface area contributed by atoms with Crippen molar-refractivity contribution < 1.29 is 19.7 Å². The Bertz CT molecular complexity index is 108. The molecule has 0 aromatic rings. The van der Waals surface area contributed by atoms with E-state index < -0.39 is 0 Å². The number of aliphatic hydroxyl groups is 2. The molecule has 0 aromatic heterocycles. The van der Waals surface area contributed by atoms with Crippen LogP contribution >= 0.6 is 0 Å². The van der Waals surface area contributed by atoms with Crippen LogP contribution in [0, 0.1) is 11.1 Å². The van der Waals surface area contributed by atoms with Crippen molar-refractivity contribution in [2.75, 3.05) is 39.6 Å². The molecule has 0 radical (unpaired) electrons. The second-order valence-corrected chi connectivity index (χ2v) is 1.78. The third kappa shape index (κ3) is 24.7. The molecular weight excluding hydrogens is 178 g/mol. The van der Waals surface area contributed by atoms with Crippen molar-refractivity contribution in [1.29, 1.82) is 11.1 Å². The number of hydrogen-bond donors (Lipinski definition) is 4. The molecule has 0 atom stereocenters. The fraction of sp³-hybridized carbons (Fsp3) is 1.00. The van der Waals surface area contributed by atoms with Gasteiger partial charge in [0.25, 0.3) is 0 Å². The molecule has 0 aliphatic heterocycles. The predicted octanol–water partition coefficient (Wildman–Crippen LogP) is -0.880. The van der Waals surface area contributed by atoms with Crippen molar-refractivity contribution in [3.63, 3.8) is 0 Å². The number of nitrogens with zero attached hydrogens (tertiary/aromatic N) is 1. The van der Waals surface area contributed by atoms with Gasteiger partial charge in [-0.05, 0) is 0 Å². The molecule has 13 heavy (non-hydrogen) atoms. The maximum Gasteiger partial charge on any atom is 0.211 e. The highest BCUT2D eigenvalue weighted by Crippen LogP contribution is 1.76. The maximum absolute atomic E-state index is 8.26. The minimum Gasteiger partial charge on any atom is -0.394 e. The minimum absolute atomic E-state index is 0.0417. The molecule has 0 rings (SSSR count). The molecule has 7 nitrogen and oxygen atoms in total. The number of aliphatic hydroxyl groups excluding tert-OH is 2. The number of hydrogen-bond acceptors (Lipinski definition) is 6. The highest BCUT2D eigenvalue weighted by atomic mass is 16.5. The molecule has 0 saturated heterocycles. The van der Waals surface area contributed by atoms with Gasteiger partial charge >= 0.3 is 0 Å². The molecule has 0 bridgehead atoms. The van der Waals surface area contributed by atoms with E-state index in [4.69, 9.17) is 30.7 Å². The molecule has 0 amide bonds. The average Bonchev–Trinajstić information content (AvgIpc) is 2.13. The number of nitrogens with one attached hydrogen (secondary N) is 2. The number of rotatable bonds is 7. The van der Waals surface area contributed by atoms with Gasteiger partial charge in [0.05, 0.1) is 39.6 Å². The van der Waals surface area contributed by atoms with Crippen molar-refractivity contribution in [2.24, 2.45) is 0 Å². The van der Waals surface area contributed by atoms with Crippen molar-refractivity contribution in [3.8, 4) is 0 Å². The molecular formula is C6H16N3O4+. The summed E-state index contributed by atoms with van der Waals surface area (Å²) in [5, 5.41) is 16.5. The van der Waals surface area contributed by atoms with Gasteiger partial charge < -0.3 is 19.7 Å². The first kappa shape index (κ1) is 14.7. The Hall–Kier alpha value is -0.850. The lowest BCUT2D eigenvalue weighted by atomic mass is 10.7. The van der Waals surface area contributed by atoms with E-state index in [9.17, 15) is 0 Å². The third-order valence-electron chi connectivity index (χ3n) is 0.843. The van der Waals surface area contributed by atoms with Crippen LogP contribution < -0.4 is 4.91 Å². The van der Waals surface area contributed by atoms with Crippen molar-refractivity contribution in [2.45, 2.75) is 0 Å². The summed E-state index contributed by atoms with van der Waals surface area (Å²) in [5.74, 6) is 0. The Morgan fingerprint density at radius 3 is 1.38 bits per heavy atom. The van der Waals surface area contributed by atoms with Gasteiger partial charge in [-0.1, -0.05) is 0 Å². The van der Waals surface area contributed by atoms with Crippen molar-refractivity contribution in [1.82, 2.24) is 4.91 Å². The van der Waals surface area contributed by atoms with Gasteiger partial charge in [-0.15, -0.1) is 0 Å². The highest BCUT2D eigenvalue weighted by Gasteiger charge is 1.86. The summed E-state index contributed by atoms with van der Waals surface area (Å²) in [5.41, 5.74) is 11.0. The Kier molecular flexibility index (Phi) is 19.5. The van der Waals surface area contributed by atoms with E-state index >= 15 is 0 Å². The van der Waals surface area contributed by atoms with E-state index in [0.717, 1.165) is 0 Å². The SMILES string of the molecule is N=[N+]=N.OCCOCCOCCO. The number of ether oxygens (including phenoxy) is 2. The molecule has 0 unspecified atom stereocenters. The fourth-order valence-corrected chi connectivity index (χ4v) is 0.451. The zero-order valence-corrected chi connectivity index (χ0v) is 7.40. The summed E-state index contributed by atoms with van der Waals surface area (Å²) in [4.78, 5) is 2.00. The largest absolute Gasteiger partial charge is 0.394 e. The van der Waals surface area contributed by atoms with E-state index in [-0.39, 0.29) is 13.2 Å². The first-order chi connectivity index (χ1) is 6.33. The van der Waals surface area contributed by atoms with Gasteiger partial charge in [0, 0.05) is 0 Å². The monoisotopic (exact) mass is 194 g/mol. The van der Waals surface area contributed by atoms with Crippen molar-refractivity contribution in [3.05, 3.63) is 0 Å². The van der Waals surface area contributed by atoms with Crippen LogP contribution in [0.2, 0.25) is 0 Å². The highest BCUT2D eigenvalue weighted by molar-refractivity contribution is 4.30. The smallest absolute Gasteiger partial charge is 0.211 e. The first-order valence-corrected chi connectivity index (χ1v) is 3.73. The fourth-order valence-electron chi connectivity index (χ4n) is 0.451. The molecule has 78 valence electrons. The Labute approximate surface area is 76.3 Å². The Morgan fingerprint density at radius 2 is 1.15 bits per heavy atom. The lowest BCUT2D eigenvalue weighted by Gasteiger charge is -2.01. The Balaban J connectivity index is 0. The summed E-state index contributed by atoms with van der Waals surface area (Å²) >= 11 is 0. The molecule has 4 N–H and O–H groups in total. The van der Waals surface area contributed by atoms with Crippen LogP contribution in [0.4, 0.5) is 0 Å². The second-order valence-electron chi connectivity index (χ2n) is 1.78. The molecule has 0 fully saturated rings. The molecule has 0 aromatic carbocycles. The van der Waals surface area contributed by atoms with Crippen LogP contribution in [0.5, 0.6) is 0 Å². The lowest BCUT2D eigenvalue weighted by molar-refractivity contribution is 0.0222. The first-order valence-electron chi connectivity index (χ1n) is 3.73. The van der Waals surface area contributed by atoms with E-state index in [0.29, 0.717) is 26.4 Å². The van der Waals surface area contributed by atoms with E-state index in [1.54, 1.807) is 0 Å². The van der Waals surface area contributed by atoms with Gasteiger partial charge in [0.15, 0.2) is 0 Å². The molecule has 7 heteroatoms. The minimum atomic E-state index is 0.0417. The summed E-state index contributed by atoms with van der Waals surface area (Å²) < 4.78 is 9.75. The van der Waals surface area contributed by atoms with Crippen LogP contribution in [0.15, 0.2) is 0 Å². The van der Waals surface area contributed by atoms with E-state index in [2.05, 4.69) is 0 Å². The van der Waals surface area contributed by atoms with Crippen LogP contribution in [-0.4, -0.2) is 49.9 Å². The summed E-state index contributed by atoms with van der Waals surface area (Å²) in [6, 6.07) is 0. The van der Waals surface area contributed by atoms with Crippen LogP contribution in [0.1, 0.15) is 0 Å². The van der Waals surface area contributed by atoms with Crippen LogP contribution in [0.3, 0.4) is 0 Å². The standard InChI is InChI=1S/C6H14O4.H2N3/c7-1-3-9-5-6-10-4-2-8;1-3-2/h7-8H,1-6H2;1-2H/q;+1. The summed E-state index contributed by atoms with van der Waals surface area (Å²) in [7, 11) is 0.